The molecule has 1 amide bonds. The number of carbonyl (C=O) groups is 2. The van der Waals surface area contributed by atoms with Crippen molar-refractivity contribution in [2.45, 2.75) is 59.9 Å². The van der Waals surface area contributed by atoms with Crippen molar-refractivity contribution in [2.75, 3.05) is 4.90 Å². The van der Waals surface area contributed by atoms with Crippen LogP contribution in [-0.4, -0.2) is 16.8 Å². The number of amides is 1. The smallest absolute Gasteiger partial charge is 0.300 e. The number of benzene rings is 2. The van der Waals surface area contributed by atoms with E-state index in [0.717, 1.165) is 22.3 Å². The van der Waals surface area contributed by atoms with Gasteiger partial charge < -0.3 is 9.52 Å². The first kappa shape index (κ1) is 23.6. The number of rotatable bonds is 3. The van der Waals surface area contributed by atoms with Crippen molar-refractivity contribution in [3.63, 3.8) is 0 Å². The van der Waals surface area contributed by atoms with Gasteiger partial charge in [-0.25, -0.2) is 0 Å². The molecule has 1 unspecified atom stereocenters. The fourth-order valence-electron chi connectivity index (χ4n) is 4.44. The number of aryl methyl sites for hydroxylation is 3. The fourth-order valence-corrected chi connectivity index (χ4v) is 4.44. The Morgan fingerprint density at radius 3 is 2.26 bits per heavy atom. The summed E-state index contributed by atoms with van der Waals surface area (Å²) in [7, 11) is 0. The average molecular weight is 458 g/mol. The number of hydrogen-bond acceptors (Lipinski definition) is 4. The van der Waals surface area contributed by atoms with Crippen LogP contribution in [0.5, 0.6) is 0 Å². The van der Waals surface area contributed by atoms with E-state index in [1.807, 2.05) is 64.1 Å². The van der Waals surface area contributed by atoms with E-state index in [9.17, 15) is 14.7 Å². The molecule has 1 aliphatic heterocycles. The van der Waals surface area contributed by atoms with Gasteiger partial charge in [0, 0.05) is 11.3 Å². The highest BCUT2D eigenvalue weighted by atomic mass is 16.3. The van der Waals surface area contributed by atoms with E-state index < -0.39 is 17.7 Å². The monoisotopic (exact) mass is 457 g/mol. The third-order valence-electron chi connectivity index (χ3n) is 6.67. The number of ketones is 1. The Kier molecular flexibility index (Phi) is 5.76. The minimum absolute atomic E-state index is 0.0365. The van der Waals surface area contributed by atoms with E-state index in [2.05, 4.69) is 20.8 Å². The Hall–Kier alpha value is -3.60. The quantitative estimate of drug-likeness (QED) is 0.279. The summed E-state index contributed by atoms with van der Waals surface area (Å²) in [6, 6.07) is 14.2. The topological polar surface area (TPSA) is 70.8 Å². The van der Waals surface area contributed by atoms with E-state index in [1.165, 1.54) is 4.90 Å². The van der Waals surface area contributed by atoms with Crippen LogP contribution in [0.3, 0.4) is 0 Å². The standard InChI is InChI=1S/C29H31NO4/c1-16-9-8-10-22(19(16)4)30-25(23-14-12-18(3)34-23)24(27(32)28(30)33)26(31)21-15-20(29(5,6)7)13-11-17(21)2/h8-15,25,31H,1-7H3/b26-24+. The number of nitrogens with zero attached hydrogens (tertiary/aromatic N) is 1. The second-order valence-electron chi connectivity index (χ2n) is 10.1. The number of Topliss-reactive ketones (excluding diaryl/α,β-unsaturated/α-hetero) is 1. The average Bonchev–Trinajstić information content (AvgIpc) is 3.30. The molecule has 0 saturated carbocycles. The summed E-state index contributed by atoms with van der Waals surface area (Å²) >= 11 is 0. The second-order valence-corrected chi connectivity index (χ2v) is 10.1. The van der Waals surface area contributed by atoms with Gasteiger partial charge in [-0.15, -0.1) is 0 Å². The van der Waals surface area contributed by atoms with Crippen LogP contribution in [0.4, 0.5) is 5.69 Å². The first-order chi connectivity index (χ1) is 15.9. The van der Waals surface area contributed by atoms with Gasteiger partial charge in [0.15, 0.2) is 0 Å². The van der Waals surface area contributed by atoms with Crippen LogP contribution in [0.15, 0.2) is 58.5 Å². The molecule has 0 bridgehead atoms. The summed E-state index contributed by atoms with van der Waals surface area (Å²) in [5.74, 6) is -0.498. The van der Waals surface area contributed by atoms with Crippen molar-refractivity contribution >= 4 is 23.1 Å². The van der Waals surface area contributed by atoms with Gasteiger partial charge in [-0.05, 0) is 79.6 Å². The van der Waals surface area contributed by atoms with E-state index in [1.54, 1.807) is 12.1 Å². The largest absolute Gasteiger partial charge is 0.507 e. The molecular weight excluding hydrogens is 426 g/mol. The Morgan fingerprint density at radius 1 is 0.941 bits per heavy atom. The molecule has 5 nitrogen and oxygen atoms in total. The van der Waals surface area contributed by atoms with Crippen molar-refractivity contribution in [3.05, 3.63) is 93.4 Å². The highest BCUT2D eigenvalue weighted by Gasteiger charge is 2.49. The predicted molar refractivity (Wildman–Crippen MR) is 134 cm³/mol. The molecule has 1 N–H and O–H groups in total. The maximum absolute atomic E-state index is 13.4. The van der Waals surface area contributed by atoms with E-state index in [4.69, 9.17) is 4.42 Å². The molecule has 1 aliphatic rings. The Balaban J connectivity index is 2.00. The lowest BCUT2D eigenvalue weighted by molar-refractivity contribution is -0.132. The van der Waals surface area contributed by atoms with Crippen molar-refractivity contribution in [1.82, 2.24) is 0 Å². The number of aliphatic hydroxyl groups excluding tert-OH is 1. The van der Waals surface area contributed by atoms with E-state index in [0.29, 0.717) is 22.8 Å². The summed E-state index contributed by atoms with van der Waals surface area (Å²) in [4.78, 5) is 28.3. The molecule has 176 valence electrons. The van der Waals surface area contributed by atoms with E-state index >= 15 is 0 Å². The van der Waals surface area contributed by atoms with Crippen LogP contribution in [-0.2, 0) is 15.0 Å². The molecule has 2 aromatic carbocycles. The van der Waals surface area contributed by atoms with Crippen LogP contribution in [0.1, 0.15) is 66.2 Å². The lowest BCUT2D eigenvalue weighted by Crippen LogP contribution is -2.30. The lowest BCUT2D eigenvalue weighted by atomic mass is 9.84. The Labute approximate surface area is 200 Å². The second kappa shape index (κ2) is 8.32. The summed E-state index contributed by atoms with van der Waals surface area (Å²) in [5.41, 5.74) is 4.79. The normalized spacial score (nSPS) is 18.1. The van der Waals surface area contributed by atoms with Gasteiger partial charge in [-0.1, -0.05) is 45.0 Å². The van der Waals surface area contributed by atoms with Crippen LogP contribution >= 0.6 is 0 Å². The first-order valence-electron chi connectivity index (χ1n) is 11.5. The van der Waals surface area contributed by atoms with Crippen molar-refractivity contribution in [2.24, 2.45) is 0 Å². The zero-order chi connectivity index (χ0) is 24.9. The van der Waals surface area contributed by atoms with Crippen molar-refractivity contribution in [3.8, 4) is 0 Å². The first-order valence-corrected chi connectivity index (χ1v) is 11.5. The van der Waals surface area contributed by atoms with Gasteiger partial charge >= 0.3 is 0 Å². The highest BCUT2D eigenvalue weighted by molar-refractivity contribution is 6.51. The zero-order valence-electron chi connectivity index (χ0n) is 20.8. The Bertz CT molecular complexity index is 1340. The third kappa shape index (κ3) is 3.85. The van der Waals surface area contributed by atoms with Crippen LogP contribution in [0, 0.1) is 27.7 Å². The minimum atomic E-state index is -0.869. The number of hydrogen-bond donors (Lipinski definition) is 1. The summed E-state index contributed by atoms with van der Waals surface area (Å²) < 4.78 is 5.92. The zero-order valence-corrected chi connectivity index (χ0v) is 20.8. The van der Waals surface area contributed by atoms with Crippen LogP contribution in [0.2, 0.25) is 0 Å². The molecule has 0 aliphatic carbocycles. The van der Waals surface area contributed by atoms with Gasteiger partial charge in [0.1, 0.15) is 23.3 Å². The summed E-state index contributed by atoms with van der Waals surface area (Å²) in [6.45, 7) is 13.8. The predicted octanol–water partition coefficient (Wildman–Crippen LogP) is 6.44. The van der Waals surface area contributed by atoms with Gasteiger partial charge in [-0.2, -0.15) is 0 Å². The maximum Gasteiger partial charge on any atom is 0.300 e. The lowest BCUT2D eigenvalue weighted by Gasteiger charge is -2.26. The molecule has 4 rings (SSSR count). The molecule has 1 saturated heterocycles. The summed E-state index contributed by atoms with van der Waals surface area (Å²) in [6.07, 6.45) is 0. The molecule has 3 aromatic rings. The molecule has 1 aromatic heterocycles. The number of carbonyl (C=O) groups excluding carboxylic acids is 2. The molecule has 0 spiro atoms. The van der Waals surface area contributed by atoms with Crippen LogP contribution < -0.4 is 4.90 Å². The molecule has 0 radical (unpaired) electrons. The van der Waals surface area contributed by atoms with Gasteiger partial charge in [-0.3, -0.25) is 14.5 Å². The SMILES string of the molecule is Cc1ccc(C2/C(=C(\O)c3cc(C(C)(C)C)ccc3C)C(=O)C(=O)N2c2cccc(C)c2C)o1. The van der Waals surface area contributed by atoms with Crippen molar-refractivity contribution < 1.29 is 19.1 Å². The van der Waals surface area contributed by atoms with Crippen LogP contribution in [0.25, 0.3) is 5.76 Å². The molecular formula is C29H31NO4. The molecule has 5 heteroatoms. The number of furan rings is 1. The summed E-state index contributed by atoms with van der Waals surface area (Å²) in [5, 5.41) is 11.5. The molecule has 2 heterocycles. The Morgan fingerprint density at radius 2 is 1.65 bits per heavy atom. The third-order valence-corrected chi connectivity index (χ3v) is 6.67. The van der Waals surface area contributed by atoms with E-state index in [-0.39, 0.29) is 16.7 Å². The fraction of sp³-hybridized carbons (Fsp3) is 0.310. The maximum atomic E-state index is 13.4. The molecule has 1 atom stereocenters. The van der Waals surface area contributed by atoms with Gasteiger partial charge in [0.05, 0.1) is 5.57 Å². The number of anilines is 1. The molecule has 1 fully saturated rings. The van der Waals surface area contributed by atoms with Crippen molar-refractivity contribution in [1.29, 1.82) is 0 Å². The van der Waals surface area contributed by atoms with Gasteiger partial charge in [0.2, 0.25) is 0 Å². The minimum Gasteiger partial charge on any atom is -0.507 e. The molecule has 34 heavy (non-hydrogen) atoms. The van der Waals surface area contributed by atoms with Gasteiger partial charge in [0.25, 0.3) is 11.7 Å². The highest BCUT2D eigenvalue weighted by Crippen LogP contribution is 2.44. The number of aliphatic hydroxyl groups is 1.